The van der Waals surface area contributed by atoms with Crippen molar-refractivity contribution in [1.82, 2.24) is 10.2 Å². The lowest BCUT2D eigenvalue weighted by atomic mass is 10.1. The second-order valence-corrected chi connectivity index (χ2v) is 6.10. The molecular weight excluding hydrogens is 284 g/mol. The Morgan fingerprint density at radius 3 is 2.13 bits per heavy atom. The average Bonchev–Trinajstić information content (AvgIpc) is 2.55. The first kappa shape index (κ1) is 17.2. The molecule has 0 bridgehead atoms. The summed E-state index contributed by atoms with van der Waals surface area (Å²) in [5, 5.41) is 2.97. The highest BCUT2D eigenvalue weighted by atomic mass is 16.2. The van der Waals surface area contributed by atoms with Gasteiger partial charge in [0.05, 0.1) is 6.54 Å². The van der Waals surface area contributed by atoms with Crippen LogP contribution in [0.15, 0.2) is 48.5 Å². The molecular formula is C20H26N2O. The zero-order chi connectivity index (χ0) is 16.7. The molecule has 0 saturated heterocycles. The lowest BCUT2D eigenvalue weighted by Crippen LogP contribution is -2.34. The minimum Gasteiger partial charge on any atom is -0.351 e. The van der Waals surface area contributed by atoms with Gasteiger partial charge in [0.15, 0.2) is 0 Å². The standard InChI is InChI=1S/C20H26N2O/c1-4-17-9-11-19(12-10-17)14-22(3)15-20(23)21-13-18-7-5-16(2)6-8-18/h5-12H,4,13-15H2,1-3H3,(H,21,23). The van der Waals surface area contributed by atoms with Crippen molar-refractivity contribution in [3.63, 3.8) is 0 Å². The van der Waals surface area contributed by atoms with Crippen LogP contribution in [0.25, 0.3) is 0 Å². The monoisotopic (exact) mass is 310 g/mol. The molecule has 0 fully saturated rings. The number of carbonyl (C=O) groups excluding carboxylic acids is 1. The quantitative estimate of drug-likeness (QED) is 0.851. The number of aryl methyl sites for hydroxylation is 2. The minimum absolute atomic E-state index is 0.0539. The van der Waals surface area contributed by atoms with E-state index in [9.17, 15) is 4.79 Å². The number of carbonyl (C=O) groups is 1. The highest BCUT2D eigenvalue weighted by Crippen LogP contribution is 2.07. The SMILES string of the molecule is CCc1ccc(CN(C)CC(=O)NCc2ccc(C)cc2)cc1. The third kappa shape index (κ3) is 5.87. The summed E-state index contributed by atoms with van der Waals surface area (Å²) in [6, 6.07) is 16.8. The van der Waals surface area contributed by atoms with Gasteiger partial charge in [-0.2, -0.15) is 0 Å². The smallest absolute Gasteiger partial charge is 0.234 e. The van der Waals surface area contributed by atoms with Gasteiger partial charge in [0.1, 0.15) is 0 Å². The third-order valence-electron chi connectivity index (χ3n) is 3.91. The van der Waals surface area contributed by atoms with Crippen molar-refractivity contribution in [3.05, 3.63) is 70.8 Å². The van der Waals surface area contributed by atoms with Crippen LogP contribution in [0.4, 0.5) is 0 Å². The molecule has 0 unspecified atom stereocenters. The van der Waals surface area contributed by atoms with E-state index < -0.39 is 0 Å². The minimum atomic E-state index is 0.0539. The molecule has 0 aliphatic heterocycles. The lowest BCUT2D eigenvalue weighted by molar-refractivity contribution is -0.122. The number of amides is 1. The summed E-state index contributed by atoms with van der Waals surface area (Å²) < 4.78 is 0. The second kappa shape index (κ2) is 8.49. The zero-order valence-electron chi connectivity index (χ0n) is 14.3. The Kier molecular flexibility index (Phi) is 6.36. The Bertz CT molecular complexity index is 617. The number of nitrogens with zero attached hydrogens (tertiary/aromatic N) is 1. The Morgan fingerprint density at radius 2 is 1.52 bits per heavy atom. The highest BCUT2D eigenvalue weighted by Gasteiger charge is 2.07. The predicted octanol–water partition coefficient (Wildman–Crippen LogP) is 3.31. The van der Waals surface area contributed by atoms with E-state index in [1.807, 2.05) is 11.9 Å². The maximum Gasteiger partial charge on any atom is 0.234 e. The highest BCUT2D eigenvalue weighted by molar-refractivity contribution is 5.77. The van der Waals surface area contributed by atoms with E-state index in [1.54, 1.807) is 0 Å². The van der Waals surface area contributed by atoms with Crippen molar-refractivity contribution in [2.24, 2.45) is 0 Å². The van der Waals surface area contributed by atoms with Gasteiger partial charge in [0, 0.05) is 13.1 Å². The molecule has 2 rings (SSSR count). The van der Waals surface area contributed by atoms with Crippen LogP contribution in [0, 0.1) is 6.92 Å². The van der Waals surface area contributed by atoms with Gasteiger partial charge in [-0.1, -0.05) is 61.0 Å². The van der Waals surface area contributed by atoms with Crippen molar-refractivity contribution < 1.29 is 4.79 Å². The summed E-state index contributed by atoms with van der Waals surface area (Å²) in [4.78, 5) is 14.1. The molecule has 0 saturated carbocycles. The second-order valence-electron chi connectivity index (χ2n) is 6.10. The fourth-order valence-electron chi connectivity index (χ4n) is 2.46. The Balaban J connectivity index is 1.76. The van der Waals surface area contributed by atoms with E-state index in [2.05, 4.69) is 67.7 Å². The number of hydrogen-bond donors (Lipinski definition) is 1. The molecule has 0 aromatic heterocycles. The molecule has 0 radical (unpaired) electrons. The maximum atomic E-state index is 12.0. The fraction of sp³-hybridized carbons (Fsp3) is 0.350. The molecule has 1 N–H and O–H groups in total. The average molecular weight is 310 g/mol. The number of hydrogen-bond acceptors (Lipinski definition) is 2. The van der Waals surface area contributed by atoms with Crippen molar-refractivity contribution in [3.8, 4) is 0 Å². The molecule has 122 valence electrons. The molecule has 23 heavy (non-hydrogen) atoms. The maximum absolute atomic E-state index is 12.0. The van der Waals surface area contributed by atoms with Crippen molar-refractivity contribution in [2.45, 2.75) is 33.4 Å². The van der Waals surface area contributed by atoms with E-state index in [0.29, 0.717) is 13.1 Å². The lowest BCUT2D eigenvalue weighted by Gasteiger charge is -2.16. The Morgan fingerprint density at radius 1 is 0.957 bits per heavy atom. The fourth-order valence-corrected chi connectivity index (χ4v) is 2.46. The van der Waals surface area contributed by atoms with E-state index in [0.717, 1.165) is 18.5 Å². The van der Waals surface area contributed by atoms with Crippen LogP contribution < -0.4 is 5.32 Å². The van der Waals surface area contributed by atoms with Gasteiger partial charge >= 0.3 is 0 Å². The zero-order valence-corrected chi connectivity index (χ0v) is 14.3. The molecule has 0 aliphatic carbocycles. The molecule has 0 aliphatic rings. The first-order chi connectivity index (χ1) is 11.1. The van der Waals surface area contributed by atoms with Crippen molar-refractivity contribution in [2.75, 3.05) is 13.6 Å². The summed E-state index contributed by atoms with van der Waals surface area (Å²) in [5.74, 6) is 0.0539. The van der Waals surface area contributed by atoms with Crippen LogP contribution in [0.5, 0.6) is 0 Å². The van der Waals surface area contributed by atoms with Gasteiger partial charge in [-0.3, -0.25) is 9.69 Å². The summed E-state index contributed by atoms with van der Waals surface area (Å²) in [5.41, 5.74) is 4.93. The molecule has 2 aromatic carbocycles. The molecule has 0 atom stereocenters. The molecule has 1 amide bonds. The van der Waals surface area contributed by atoms with E-state index in [4.69, 9.17) is 0 Å². The van der Waals surface area contributed by atoms with Crippen LogP contribution in [0.2, 0.25) is 0 Å². The summed E-state index contributed by atoms with van der Waals surface area (Å²) in [6.07, 6.45) is 1.05. The van der Waals surface area contributed by atoms with Gasteiger partial charge in [-0.25, -0.2) is 0 Å². The predicted molar refractivity (Wildman–Crippen MR) is 95.2 cm³/mol. The topological polar surface area (TPSA) is 32.3 Å². The summed E-state index contributed by atoms with van der Waals surface area (Å²) >= 11 is 0. The number of nitrogens with one attached hydrogen (secondary N) is 1. The Hall–Kier alpha value is -2.13. The van der Waals surface area contributed by atoms with Crippen LogP contribution in [0.3, 0.4) is 0 Å². The Labute approximate surface area is 139 Å². The van der Waals surface area contributed by atoms with E-state index >= 15 is 0 Å². The number of rotatable bonds is 7. The van der Waals surface area contributed by atoms with Crippen molar-refractivity contribution >= 4 is 5.91 Å². The van der Waals surface area contributed by atoms with Gasteiger partial charge < -0.3 is 5.32 Å². The van der Waals surface area contributed by atoms with Crippen LogP contribution >= 0.6 is 0 Å². The van der Waals surface area contributed by atoms with Crippen LogP contribution in [-0.2, 0) is 24.3 Å². The molecule has 0 spiro atoms. The first-order valence-electron chi connectivity index (χ1n) is 8.15. The first-order valence-corrected chi connectivity index (χ1v) is 8.15. The van der Waals surface area contributed by atoms with Gasteiger partial charge in [0.25, 0.3) is 0 Å². The molecule has 3 heteroatoms. The van der Waals surface area contributed by atoms with E-state index in [-0.39, 0.29) is 5.91 Å². The van der Waals surface area contributed by atoms with Gasteiger partial charge in [0.2, 0.25) is 5.91 Å². The van der Waals surface area contributed by atoms with Crippen molar-refractivity contribution in [1.29, 1.82) is 0 Å². The summed E-state index contributed by atoms with van der Waals surface area (Å²) in [6.45, 7) is 5.98. The molecule has 3 nitrogen and oxygen atoms in total. The normalized spacial score (nSPS) is 10.8. The number of benzene rings is 2. The number of likely N-dealkylation sites (N-methyl/N-ethyl adjacent to an activating group) is 1. The van der Waals surface area contributed by atoms with Gasteiger partial charge in [-0.15, -0.1) is 0 Å². The van der Waals surface area contributed by atoms with Gasteiger partial charge in [-0.05, 0) is 37.1 Å². The molecule has 0 heterocycles. The summed E-state index contributed by atoms with van der Waals surface area (Å²) in [7, 11) is 1.97. The largest absolute Gasteiger partial charge is 0.351 e. The van der Waals surface area contributed by atoms with E-state index in [1.165, 1.54) is 16.7 Å². The van der Waals surface area contributed by atoms with Crippen LogP contribution in [-0.4, -0.2) is 24.4 Å². The third-order valence-corrected chi connectivity index (χ3v) is 3.91. The molecule has 2 aromatic rings. The van der Waals surface area contributed by atoms with Crippen LogP contribution in [0.1, 0.15) is 29.2 Å².